The van der Waals surface area contributed by atoms with Crippen LogP contribution in [0.2, 0.25) is 5.02 Å². The number of Topliss-reactive ketones (excluding diaryl/α,β-unsaturated/α-hetero) is 1. The molecular weight excluding hydrogens is 380 g/mol. The average Bonchev–Trinajstić information content (AvgIpc) is 2.59. The van der Waals surface area contributed by atoms with Gasteiger partial charge in [-0.3, -0.25) is 4.79 Å². The highest BCUT2D eigenvalue weighted by molar-refractivity contribution is 6.32. The van der Waals surface area contributed by atoms with E-state index in [1.807, 2.05) is 19.9 Å². The van der Waals surface area contributed by atoms with Crippen molar-refractivity contribution < 1.29 is 23.8 Å². The maximum absolute atomic E-state index is 13.1. The van der Waals surface area contributed by atoms with Gasteiger partial charge in [-0.25, -0.2) is 4.79 Å². The molecule has 0 unspecified atom stereocenters. The first-order valence-electron chi connectivity index (χ1n) is 9.34. The summed E-state index contributed by atoms with van der Waals surface area (Å²) in [5.41, 5.74) is 1.40. The van der Waals surface area contributed by atoms with E-state index in [4.69, 9.17) is 25.8 Å². The molecule has 1 atom stereocenters. The predicted octanol–water partition coefficient (Wildman–Crippen LogP) is 4.94. The number of carbonyl (C=O) groups is 2. The first-order chi connectivity index (χ1) is 13.2. The van der Waals surface area contributed by atoms with Gasteiger partial charge in [0.15, 0.2) is 5.78 Å². The van der Waals surface area contributed by atoms with Crippen LogP contribution in [0.15, 0.2) is 40.9 Å². The minimum absolute atomic E-state index is 0.0162. The molecule has 0 N–H and O–H groups in total. The van der Waals surface area contributed by atoms with Crippen LogP contribution in [0.5, 0.6) is 5.75 Å². The second kappa shape index (κ2) is 7.63. The summed E-state index contributed by atoms with van der Waals surface area (Å²) in [5.74, 6) is 0.540. The summed E-state index contributed by atoms with van der Waals surface area (Å²) < 4.78 is 16.5. The van der Waals surface area contributed by atoms with Crippen LogP contribution in [0.3, 0.4) is 0 Å². The smallest absolute Gasteiger partial charge is 0.338 e. The predicted molar refractivity (Wildman–Crippen MR) is 106 cm³/mol. The number of esters is 1. The van der Waals surface area contributed by atoms with Gasteiger partial charge in [-0.1, -0.05) is 31.5 Å². The Labute approximate surface area is 170 Å². The van der Waals surface area contributed by atoms with E-state index in [1.165, 1.54) is 7.11 Å². The fourth-order valence-corrected chi connectivity index (χ4v) is 4.21. The minimum Gasteiger partial charge on any atom is -0.495 e. The molecule has 1 heterocycles. The van der Waals surface area contributed by atoms with Crippen LogP contribution in [0.4, 0.5) is 0 Å². The van der Waals surface area contributed by atoms with Crippen molar-refractivity contribution in [2.24, 2.45) is 5.41 Å². The van der Waals surface area contributed by atoms with E-state index < -0.39 is 11.9 Å². The summed E-state index contributed by atoms with van der Waals surface area (Å²) in [6, 6.07) is 5.30. The van der Waals surface area contributed by atoms with Gasteiger partial charge in [-0.05, 0) is 37.0 Å². The molecule has 1 aromatic carbocycles. The standard InChI is InChI=1S/C22H25ClO5/c1-6-27-21(25)18-12(2)28-17-11-22(3,4)10-15(24)20(17)19(18)13-7-8-16(26-5)14(23)9-13/h7-9,19H,6,10-11H2,1-5H3/t19-/m0/s1. The zero-order valence-corrected chi connectivity index (χ0v) is 17.6. The number of ether oxygens (including phenoxy) is 3. The van der Waals surface area contributed by atoms with Crippen molar-refractivity contribution >= 4 is 23.4 Å². The molecular formula is C22H25ClO5. The van der Waals surface area contributed by atoms with Gasteiger partial charge >= 0.3 is 5.97 Å². The van der Waals surface area contributed by atoms with Crippen LogP contribution in [0.25, 0.3) is 0 Å². The van der Waals surface area contributed by atoms with E-state index in [0.717, 1.165) is 5.56 Å². The van der Waals surface area contributed by atoms with Gasteiger partial charge in [0, 0.05) is 18.4 Å². The second-order valence-corrected chi connectivity index (χ2v) is 8.30. The van der Waals surface area contributed by atoms with E-state index in [9.17, 15) is 9.59 Å². The van der Waals surface area contributed by atoms with Crippen LogP contribution in [0, 0.1) is 5.41 Å². The highest BCUT2D eigenvalue weighted by Crippen LogP contribution is 2.49. The summed E-state index contributed by atoms with van der Waals surface area (Å²) >= 11 is 6.34. The molecule has 0 amide bonds. The first kappa shape index (κ1) is 20.5. The molecule has 2 aliphatic rings. The number of benzene rings is 1. The normalized spacial score (nSPS) is 21.2. The van der Waals surface area contributed by atoms with Crippen molar-refractivity contribution in [3.8, 4) is 5.75 Å². The quantitative estimate of drug-likeness (QED) is 0.665. The Bertz CT molecular complexity index is 894. The zero-order chi connectivity index (χ0) is 20.6. The van der Waals surface area contributed by atoms with Gasteiger partial charge in [0.2, 0.25) is 0 Å². The van der Waals surface area contributed by atoms with Crippen LogP contribution < -0.4 is 4.74 Å². The number of carbonyl (C=O) groups excluding carboxylic acids is 2. The van der Waals surface area contributed by atoms with Crippen LogP contribution in [-0.2, 0) is 19.1 Å². The Morgan fingerprint density at radius 1 is 1.32 bits per heavy atom. The van der Waals surface area contributed by atoms with Crippen LogP contribution >= 0.6 is 11.6 Å². The molecule has 1 aromatic rings. The van der Waals surface area contributed by atoms with Crippen molar-refractivity contribution in [2.75, 3.05) is 13.7 Å². The van der Waals surface area contributed by atoms with E-state index in [1.54, 1.807) is 26.0 Å². The summed E-state index contributed by atoms with van der Waals surface area (Å²) in [6.45, 7) is 7.79. The third kappa shape index (κ3) is 3.68. The molecule has 5 nitrogen and oxygen atoms in total. The Kier molecular flexibility index (Phi) is 5.57. The largest absolute Gasteiger partial charge is 0.495 e. The lowest BCUT2D eigenvalue weighted by molar-refractivity contribution is -0.139. The molecule has 0 saturated carbocycles. The molecule has 0 aromatic heterocycles. The Balaban J connectivity index is 2.19. The van der Waals surface area contributed by atoms with Gasteiger partial charge in [-0.15, -0.1) is 0 Å². The van der Waals surface area contributed by atoms with E-state index in [0.29, 0.717) is 46.3 Å². The van der Waals surface area contributed by atoms with E-state index >= 15 is 0 Å². The number of hydrogen-bond donors (Lipinski definition) is 0. The molecule has 0 spiro atoms. The number of hydrogen-bond acceptors (Lipinski definition) is 5. The third-order valence-corrected chi connectivity index (χ3v) is 5.41. The van der Waals surface area contributed by atoms with Crippen molar-refractivity contribution in [1.82, 2.24) is 0 Å². The minimum atomic E-state index is -0.574. The molecule has 0 fully saturated rings. The Morgan fingerprint density at radius 3 is 2.64 bits per heavy atom. The molecule has 1 aliphatic carbocycles. The number of rotatable bonds is 4. The fraction of sp³-hybridized carbons (Fsp3) is 0.455. The lowest BCUT2D eigenvalue weighted by atomic mass is 9.70. The summed E-state index contributed by atoms with van der Waals surface area (Å²) in [5, 5.41) is 0.415. The van der Waals surface area contributed by atoms with Crippen molar-refractivity contribution in [3.63, 3.8) is 0 Å². The molecule has 1 aliphatic heterocycles. The number of halogens is 1. The van der Waals surface area contributed by atoms with Gasteiger partial charge in [0.05, 0.1) is 30.2 Å². The second-order valence-electron chi connectivity index (χ2n) is 7.90. The van der Waals surface area contributed by atoms with E-state index in [2.05, 4.69) is 0 Å². The van der Waals surface area contributed by atoms with Gasteiger partial charge < -0.3 is 14.2 Å². The highest BCUT2D eigenvalue weighted by atomic mass is 35.5. The molecule has 3 rings (SSSR count). The summed E-state index contributed by atoms with van der Waals surface area (Å²) in [6.07, 6.45) is 1.02. The Hall–Kier alpha value is -2.27. The first-order valence-corrected chi connectivity index (χ1v) is 9.71. The number of ketones is 1. The molecule has 0 radical (unpaired) electrons. The number of methoxy groups -OCH3 is 1. The summed E-state index contributed by atoms with van der Waals surface area (Å²) in [7, 11) is 1.54. The van der Waals surface area contributed by atoms with Crippen molar-refractivity contribution in [3.05, 3.63) is 51.4 Å². The van der Waals surface area contributed by atoms with Gasteiger partial charge in [0.25, 0.3) is 0 Å². The molecule has 150 valence electrons. The topological polar surface area (TPSA) is 61.8 Å². The number of allylic oxidation sites excluding steroid dienone is 3. The van der Waals surface area contributed by atoms with Crippen molar-refractivity contribution in [2.45, 2.75) is 46.5 Å². The van der Waals surface area contributed by atoms with Crippen LogP contribution in [0.1, 0.15) is 52.0 Å². The third-order valence-electron chi connectivity index (χ3n) is 5.12. The summed E-state index contributed by atoms with van der Waals surface area (Å²) in [4.78, 5) is 25.9. The highest BCUT2D eigenvalue weighted by Gasteiger charge is 2.44. The molecule has 28 heavy (non-hydrogen) atoms. The van der Waals surface area contributed by atoms with E-state index in [-0.39, 0.29) is 17.8 Å². The molecule has 0 saturated heterocycles. The zero-order valence-electron chi connectivity index (χ0n) is 16.8. The fourth-order valence-electron chi connectivity index (χ4n) is 3.94. The monoisotopic (exact) mass is 404 g/mol. The van der Waals surface area contributed by atoms with Crippen LogP contribution in [-0.4, -0.2) is 25.5 Å². The molecule has 0 bridgehead atoms. The van der Waals surface area contributed by atoms with Gasteiger partial charge in [0.1, 0.15) is 17.3 Å². The van der Waals surface area contributed by atoms with Crippen molar-refractivity contribution in [1.29, 1.82) is 0 Å². The lowest BCUT2D eigenvalue weighted by Crippen LogP contribution is -2.34. The SMILES string of the molecule is CCOC(=O)C1=C(C)OC2=C(C(=O)CC(C)(C)C2)[C@H]1c1ccc(OC)c(Cl)c1. The Morgan fingerprint density at radius 2 is 2.04 bits per heavy atom. The lowest BCUT2D eigenvalue weighted by Gasteiger charge is -2.38. The maximum atomic E-state index is 13.1. The molecule has 6 heteroatoms. The maximum Gasteiger partial charge on any atom is 0.338 e. The average molecular weight is 405 g/mol. The van der Waals surface area contributed by atoms with Gasteiger partial charge in [-0.2, -0.15) is 0 Å².